The fourth-order valence-electron chi connectivity index (χ4n) is 2.33. The van der Waals surface area contributed by atoms with Gasteiger partial charge < -0.3 is 9.73 Å². The summed E-state index contributed by atoms with van der Waals surface area (Å²) in [5.74, 6) is -0.972. The van der Waals surface area contributed by atoms with E-state index in [1.54, 1.807) is 24.3 Å². The third kappa shape index (κ3) is 5.05. The number of anilines is 1. The molecule has 0 atom stereocenters. The molecule has 0 bridgehead atoms. The van der Waals surface area contributed by atoms with Gasteiger partial charge in [0.05, 0.1) is 12.7 Å². The molecule has 0 spiro atoms. The Morgan fingerprint density at radius 3 is 2.19 bits per heavy atom. The van der Waals surface area contributed by atoms with Gasteiger partial charge in [-0.1, -0.05) is 30.3 Å². The van der Waals surface area contributed by atoms with E-state index in [2.05, 4.69) is 16.2 Å². The maximum Gasteiger partial charge on any atom is 0.291 e. The third-order valence-corrected chi connectivity index (χ3v) is 3.67. The van der Waals surface area contributed by atoms with Gasteiger partial charge in [0.25, 0.3) is 11.8 Å². The molecule has 0 aliphatic heterocycles. The molecule has 0 saturated heterocycles. The van der Waals surface area contributed by atoms with Gasteiger partial charge in [0, 0.05) is 11.3 Å². The molecule has 0 aliphatic carbocycles. The first-order chi connectivity index (χ1) is 13.1. The first-order valence-corrected chi connectivity index (χ1v) is 8.20. The molecule has 3 rings (SSSR count). The first-order valence-electron chi connectivity index (χ1n) is 8.20. The zero-order valence-electron chi connectivity index (χ0n) is 14.3. The van der Waals surface area contributed by atoms with E-state index >= 15 is 0 Å². The molecule has 7 heteroatoms. The van der Waals surface area contributed by atoms with Crippen LogP contribution in [0.2, 0.25) is 0 Å². The zero-order valence-corrected chi connectivity index (χ0v) is 14.3. The van der Waals surface area contributed by atoms with Crippen molar-refractivity contribution in [3.63, 3.8) is 0 Å². The van der Waals surface area contributed by atoms with Crippen LogP contribution >= 0.6 is 0 Å². The maximum atomic E-state index is 12.1. The molecule has 7 nitrogen and oxygen atoms in total. The number of benzene rings is 2. The van der Waals surface area contributed by atoms with Crippen molar-refractivity contribution in [2.24, 2.45) is 0 Å². The third-order valence-electron chi connectivity index (χ3n) is 3.67. The van der Waals surface area contributed by atoms with Crippen molar-refractivity contribution in [3.05, 3.63) is 89.9 Å². The quantitative estimate of drug-likeness (QED) is 0.607. The summed E-state index contributed by atoms with van der Waals surface area (Å²) < 4.78 is 5.01. The van der Waals surface area contributed by atoms with Crippen LogP contribution in [-0.4, -0.2) is 17.7 Å². The summed E-state index contributed by atoms with van der Waals surface area (Å²) >= 11 is 0. The highest BCUT2D eigenvalue weighted by Gasteiger charge is 2.11. The molecule has 0 aliphatic rings. The van der Waals surface area contributed by atoms with E-state index in [1.807, 2.05) is 30.3 Å². The molecular formula is C20H17N3O4. The molecule has 3 amide bonds. The number of hydrazine groups is 1. The van der Waals surface area contributed by atoms with Gasteiger partial charge >= 0.3 is 0 Å². The van der Waals surface area contributed by atoms with Crippen molar-refractivity contribution >= 4 is 23.4 Å². The summed E-state index contributed by atoms with van der Waals surface area (Å²) in [5, 5.41) is 2.65. The van der Waals surface area contributed by atoms with Gasteiger partial charge in [-0.2, -0.15) is 0 Å². The van der Waals surface area contributed by atoms with Gasteiger partial charge in [-0.3, -0.25) is 25.2 Å². The molecular weight excluding hydrogens is 346 g/mol. The normalized spacial score (nSPS) is 10.1. The van der Waals surface area contributed by atoms with Crippen LogP contribution in [0.25, 0.3) is 0 Å². The molecule has 3 N–H and O–H groups in total. The zero-order chi connectivity index (χ0) is 19.1. The summed E-state index contributed by atoms with van der Waals surface area (Å²) in [6.07, 6.45) is 1.58. The van der Waals surface area contributed by atoms with E-state index in [-0.39, 0.29) is 24.0 Å². The number of nitrogens with one attached hydrogen (secondary N) is 3. The van der Waals surface area contributed by atoms with E-state index in [0.29, 0.717) is 11.3 Å². The topological polar surface area (TPSA) is 100 Å². The molecule has 0 unspecified atom stereocenters. The molecule has 0 fully saturated rings. The van der Waals surface area contributed by atoms with E-state index < -0.39 is 5.91 Å². The summed E-state index contributed by atoms with van der Waals surface area (Å²) in [4.78, 5) is 35.8. The van der Waals surface area contributed by atoms with Crippen molar-refractivity contribution in [1.29, 1.82) is 0 Å². The highest BCUT2D eigenvalue weighted by atomic mass is 16.3. The fraction of sp³-hybridized carbons (Fsp3) is 0.0500. The number of hydrogen-bond donors (Lipinski definition) is 3. The highest BCUT2D eigenvalue weighted by Crippen LogP contribution is 2.11. The van der Waals surface area contributed by atoms with Crippen LogP contribution < -0.4 is 16.2 Å². The molecule has 136 valence electrons. The highest BCUT2D eigenvalue weighted by molar-refractivity contribution is 6.02. The second-order valence-corrected chi connectivity index (χ2v) is 5.67. The Hall–Kier alpha value is -3.87. The number of amides is 3. The number of carbonyl (C=O) groups is 3. The van der Waals surface area contributed by atoms with Crippen LogP contribution in [0.15, 0.2) is 77.4 Å². The average molecular weight is 363 g/mol. The summed E-state index contributed by atoms with van der Waals surface area (Å²) in [5.41, 5.74) is 6.44. The lowest BCUT2D eigenvalue weighted by Crippen LogP contribution is -2.42. The van der Waals surface area contributed by atoms with Crippen LogP contribution in [0.4, 0.5) is 5.69 Å². The molecule has 0 saturated carbocycles. The van der Waals surface area contributed by atoms with E-state index in [4.69, 9.17) is 4.42 Å². The number of furan rings is 1. The lowest BCUT2D eigenvalue weighted by molar-refractivity contribution is -0.121. The van der Waals surface area contributed by atoms with Gasteiger partial charge in [-0.15, -0.1) is 0 Å². The largest absolute Gasteiger partial charge is 0.459 e. The number of rotatable bonds is 5. The molecule has 1 heterocycles. The minimum atomic E-state index is -0.458. The molecule has 1 aromatic heterocycles. The van der Waals surface area contributed by atoms with Gasteiger partial charge in [-0.05, 0) is 42.0 Å². The molecule has 3 aromatic rings. The standard InChI is InChI=1S/C20H17N3O4/c24-18(13-14-5-2-1-3-6-14)22-23-19(25)15-8-10-16(11-9-15)21-20(26)17-7-4-12-27-17/h1-12H,13H2,(H,21,26)(H,22,24)(H,23,25). The van der Waals surface area contributed by atoms with Crippen molar-refractivity contribution in [2.75, 3.05) is 5.32 Å². The van der Waals surface area contributed by atoms with Gasteiger partial charge in [0.1, 0.15) is 0 Å². The van der Waals surface area contributed by atoms with Gasteiger partial charge in [0.2, 0.25) is 5.91 Å². The van der Waals surface area contributed by atoms with Crippen molar-refractivity contribution in [1.82, 2.24) is 10.9 Å². The van der Waals surface area contributed by atoms with Crippen molar-refractivity contribution in [3.8, 4) is 0 Å². The van der Waals surface area contributed by atoms with Gasteiger partial charge in [0.15, 0.2) is 5.76 Å². The van der Waals surface area contributed by atoms with Crippen LogP contribution in [-0.2, 0) is 11.2 Å². The Morgan fingerprint density at radius 1 is 0.778 bits per heavy atom. The van der Waals surface area contributed by atoms with Gasteiger partial charge in [-0.25, -0.2) is 0 Å². The number of carbonyl (C=O) groups excluding carboxylic acids is 3. The minimum Gasteiger partial charge on any atom is -0.459 e. The smallest absolute Gasteiger partial charge is 0.291 e. The van der Waals surface area contributed by atoms with E-state index in [1.165, 1.54) is 18.4 Å². The summed E-state index contributed by atoms with van der Waals surface area (Å²) in [6, 6.07) is 18.6. The second-order valence-electron chi connectivity index (χ2n) is 5.67. The Balaban J connectivity index is 1.50. The predicted molar refractivity (Wildman–Crippen MR) is 98.9 cm³/mol. The summed E-state index contributed by atoms with van der Waals surface area (Å²) in [6.45, 7) is 0. The minimum absolute atomic E-state index is 0.166. The SMILES string of the molecule is O=C(Cc1ccccc1)NNC(=O)c1ccc(NC(=O)c2ccco2)cc1. The summed E-state index contributed by atoms with van der Waals surface area (Å²) in [7, 11) is 0. The van der Waals surface area contributed by atoms with Crippen LogP contribution in [0.1, 0.15) is 26.5 Å². The fourth-order valence-corrected chi connectivity index (χ4v) is 2.33. The Kier molecular flexibility index (Phi) is 5.64. The average Bonchev–Trinajstić information content (AvgIpc) is 3.22. The molecule has 27 heavy (non-hydrogen) atoms. The Labute approximate surface area is 155 Å². The molecule has 0 radical (unpaired) electrons. The maximum absolute atomic E-state index is 12.1. The Morgan fingerprint density at radius 2 is 1.52 bits per heavy atom. The number of hydrogen-bond acceptors (Lipinski definition) is 4. The molecule has 2 aromatic carbocycles. The Bertz CT molecular complexity index is 920. The predicted octanol–water partition coefficient (Wildman–Crippen LogP) is 2.54. The second kappa shape index (κ2) is 8.48. The van der Waals surface area contributed by atoms with Crippen LogP contribution in [0.3, 0.4) is 0 Å². The van der Waals surface area contributed by atoms with Crippen molar-refractivity contribution < 1.29 is 18.8 Å². The van der Waals surface area contributed by atoms with E-state index in [0.717, 1.165) is 5.56 Å². The lowest BCUT2D eigenvalue weighted by atomic mass is 10.1. The van der Waals surface area contributed by atoms with Crippen LogP contribution in [0.5, 0.6) is 0 Å². The monoisotopic (exact) mass is 363 g/mol. The van der Waals surface area contributed by atoms with E-state index in [9.17, 15) is 14.4 Å². The van der Waals surface area contributed by atoms with Crippen LogP contribution in [0, 0.1) is 0 Å². The lowest BCUT2D eigenvalue weighted by Gasteiger charge is -2.08. The first kappa shape index (κ1) is 17.9. The van der Waals surface area contributed by atoms with Crippen molar-refractivity contribution in [2.45, 2.75) is 6.42 Å².